The topological polar surface area (TPSA) is 97.5 Å². The minimum atomic E-state index is -0.908. The van der Waals surface area contributed by atoms with Crippen LogP contribution >= 0.6 is 0 Å². The third-order valence-electron chi connectivity index (χ3n) is 2.95. The largest absolute Gasteiger partial charge is 0.508 e. The minimum absolute atomic E-state index is 0.120. The van der Waals surface area contributed by atoms with Gasteiger partial charge >= 0.3 is 0 Å². The standard InChI is InChI=1S/C15H13NO4/c16-13(7-9-1-3-10(17)4-2-9)15(20)12-8-11(18)5-6-14(12)19/h1-6,8,13,17H,7,16H2/t13-/m0/s1. The Morgan fingerprint density at radius 2 is 1.80 bits per heavy atom. The Hall–Kier alpha value is -2.53. The van der Waals surface area contributed by atoms with Crippen molar-refractivity contribution < 1.29 is 19.5 Å². The summed E-state index contributed by atoms with van der Waals surface area (Å²) in [5, 5.41) is 9.17. The highest BCUT2D eigenvalue weighted by Gasteiger charge is 2.25. The molecule has 0 saturated carbocycles. The van der Waals surface area contributed by atoms with Crippen molar-refractivity contribution >= 4 is 17.3 Å². The van der Waals surface area contributed by atoms with Gasteiger partial charge in [0.15, 0.2) is 17.3 Å². The fourth-order valence-electron chi connectivity index (χ4n) is 1.88. The maximum atomic E-state index is 12.1. The Morgan fingerprint density at radius 1 is 1.15 bits per heavy atom. The molecule has 0 aromatic heterocycles. The molecule has 0 radical (unpaired) electrons. The Morgan fingerprint density at radius 3 is 2.45 bits per heavy atom. The molecule has 1 atom stereocenters. The summed E-state index contributed by atoms with van der Waals surface area (Å²) in [5.41, 5.74) is 6.37. The van der Waals surface area contributed by atoms with Gasteiger partial charge in [-0.25, -0.2) is 0 Å². The fraction of sp³-hybridized carbons (Fsp3) is 0.133. The van der Waals surface area contributed by atoms with E-state index in [0.29, 0.717) is 0 Å². The lowest BCUT2D eigenvalue weighted by Crippen LogP contribution is -2.36. The molecule has 0 amide bonds. The highest BCUT2D eigenvalue weighted by atomic mass is 16.3. The second-order valence-electron chi connectivity index (χ2n) is 4.50. The van der Waals surface area contributed by atoms with Gasteiger partial charge in [-0.1, -0.05) is 12.1 Å². The molecule has 0 unspecified atom stereocenters. The first-order chi connectivity index (χ1) is 9.47. The maximum Gasteiger partial charge on any atom is 0.189 e. The zero-order chi connectivity index (χ0) is 14.7. The molecule has 0 heterocycles. The van der Waals surface area contributed by atoms with Crippen LogP contribution in [0.25, 0.3) is 0 Å². The van der Waals surface area contributed by atoms with Gasteiger partial charge in [-0.2, -0.15) is 0 Å². The number of phenolic OH excluding ortho intramolecular Hbond substituents is 1. The lowest BCUT2D eigenvalue weighted by Gasteiger charge is -2.13. The molecule has 1 aromatic carbocycles. The van der Waals surface area contributed by atoms with E-state index < -0.39 is 23.4 Å². The summed E-state index contributed by atoms with van der Waals surface area (Å²) in [6.45, 7) is 0. The van der Waals surface area contributed by atoms with E-state index in [2.05, 4.69) is 0 Å². The summed E-state index contributed by atoms with van der Waals surface area (Å²) in [6.07, 6.45) is 3.43. The summed E-state index contributed by atoms with van der Waals surface area (Å²) in [6, 6.07) is 5.36. The van der Waals surface area contributed by atoms with Crippen molar-refractivity contribution in [3.8, 4) is 5.75 Å². The number of hydrogen-bond acceptors (Lipinski definition) is 5. The van der Waals surface area contributed by atoms with Gasteiger partial charge in [0.1, 0.15) is 5.75 Å². The van der Waals surface area contributed by atoms with E-state index in [1.165, 1.54) is 12.1 Å². The number of carbonyl (C=O) groups is 3. The number of phenols is 1. The summed E-state index contributed by atoms with van der Waals surface area (Å²) in [5.74, 6) is -1.34. The van der Waals surface area contributed by atoms with Crippen LogP contribution in [-0.2, 0) is 20.8 Å². The van der Waals surface area contributed by atoms with Crippen molar-refractivity contribution in [2.75, 3.05) is 0 Å². The molecule has 3 N–H and O–H groups in total. The molecule has 0 aliphatic heterocycles. The van der Waals surface area contributed by atoms with Gasteiger partial charge in [-0.3, -0.25) is 14.4 Å². The highest BCUT2D eigenvalue weighted by Crippen LogP contribution is 2.14. The Balaban J connectivity index is 2.11. The van der Waals surface area contributed by atoms with E-state index in [4.69, 9.17) is 5.73 Å². The lowest BCUT2D eigenvalue weighted by molar-refractivity contribution is -0.121. The molecule has 5 nitrogen and oxygen atoms in total. The Labute approximate surface area is 115 Å². The van der Waals surface area contributed by atoms with E-state index in [-0.39, 0.29) is 17.7 Å². The maximum absolute atomic E-state index is 12.1. The highest BCUT2D eigenvalue weighted by molar-refractivity contribution is 6.31. The van der Waals surface area contributed by atoms with Crippen molar-refractivity contribution in [3.63, 3.8) is 0 Å². The number of rotatable bonds is 4. The van der Waals surface area contributed by atoms with Crippen molar-refractivity contribution in [2.24, 2.45) is 5.73 Å². The van der Waals surface area contributed by atoms with E-state index in [1.54, 1.807) is 12.1 Å². The van der Waals surface area contributed by atoms with Crippen LogP contribution in [0.15, 0.2) is 48.1 Å². The van der Waals surface area contributed by atoms with Crippen LogP contribution in [0.4, 0.5) is 0 Å². The normalized spacial score (nSPS) is 15.9. The van der Waals surface area contributed by atoms with Gasteiger partial charge < -0.3 is 10.8 Å². The molecular weight excluding hydrogens is 258 g/mol. The quantitative estimate of drug-likeness (QED) is 0.612. The summed E-state index contributed by atoms with van der Waals surface area (Å²) in [7, 11) is 0. The monoisotopic (exact) mass is 271 g/mol. The van der Waals surface area contributed by atoms with E-state index in [0.717, 1.165) is 23.8 Å². The number of carbonyl (C=O) groups excluding carboxylic acids is 3. The van der Waals surface area contributed by atoms with Crippen LogP contribution in [0.2, 0.25) is 0 Å². The molecule has 5 heteroatoms. The van der Waals surface area contributed by atoms with Gasteiger partial charge in [0.2, 0.25) is 0 Å². The van der Waals surface area contributed by atoms with Crippen LogP contribution in [0.5, 0.6) is 5.75 Å². The van der Waals surface area contributed by atoms with E-state index in [1.807, 2.05) is 0 Å². The Kier molecular flexibility index (Phi) is 3.91. The number of ketones is 3. The molecule has 2 rings (SSSR count). The molecule has 1 aliphatic carbocycles. The van der Waals surface area contributed by atoms with E-state index >= 15 is 0 Å². The molecule has 0 saturated heterocycles. The molecular formula is C15H13NO4. The number of benzene rings is 1. The summed E-state index contributed by atoms with van der Waals surface area (Å²) >= 11 is 0. The minimum Gasteiger partial charge on any atom is -0.508 e. The van der Waals surface area contributed by atoms with Gasteiger partial charge in [0.25, 0.3) is 0 Å². The number of aromatic hydroxyl groups is 1. The molecule has 0 bridgehead atoms. The van der Waals surface area contributed by atoms with E-state index in [9.17, 15) is 19.5 Å². The van der Waals surface area contributed by atoms with Crippen LogP contribution in [-0.4, -0.2) is 28.5 Å². The zero-order valence-electron chi connectivity index (χ0n) is 10.6. The second-order valence-corrected chi connectivity index (χ2v) is 4.50. The van der Waals surface area contributed by atoms with Crippen molar-refractivity contribution in [2.45, 2.75) is 12.5 Å². The number of hydrogen-bond donors (Lipinski definition) is 2. The summed E-state index contributed by atoms with van der Waals surface area (Å²) in [4.78, 5) is 34.8. The van der Waals surface area contributed by atoms with Gasteiger partial charge in [-0.15, -0.1) is 0 Å². The average molecular weight is 271 g/mol. The molecule has 102 valence electrons. The first-order valence-corrected chi connectivity index (χ1v) is 6.03. The first kappa shape index (κ1) is 13.9. The zero-order valence-corrected chi connectivity index (χ0v) is 10.6. The Bertz CT molecular complexity index is 626. The predicted octanol–water partition coefficient (Wildman–Crippen LogP) is 0.465. The third kappa shape index (κ3) is 3.07. The predicted molar refractivity (Wildman–Crippen MR) is 72.0 cm³/mol. The third-order valence-corrected chi connectivity index (χ3v) is 2.95. The SMILES string of the molecule is N[C@@H](Cc1ccc(O)cc1)C(=O)C1=CC(=O)C=CC1=O. The molecule has 1 aliphatic rings. The number of Topliss-reactive ketones (excluding diaryl/α,β-unsaturated/α-hetero) is 1. The number of allylic oxidation sites excluding steroid dienone is 3. The molecule has 20 heavy (non-hydrogen) atoms. The van der Waals surface area contributed by atoms with Gasteiger partial charge in [0.05, 0.1) is 11.6 Å². The molecule has 0 fully saturated rings. The van der Waals surface area contributed by atoms with Crippen LogP contribution in [0, 0.1) is 0 Å². The van der Waals surface area contributed by atoms with Crippen molar-refractivity contribution in [1.29, 1.82) is 0 Å². The van der Waals surface area contributed by atoms with Crippen LogP contribution in [0.1, 0.15) is 5.56 Å². The molecule has 1 aromatic rings. The first-order valence-electron chi connectivity index (χ1n) is 6.03. The lowest BCUT2D eigenvalue weighted by atomic mass is 9.93. The van der Waals surface area contributed by atoms with Crippen molar-refractivity contribution in [3.05, 3.63) is 53.6 Å². The summed E-state index contributed by atoms with van der Waals surface area (Å²) < 4.78 is 0. The average Bonchev–Trinajstić information content (AvgIpc) is 2.43. The van der Waals surface area contributed by atoms with Crippen LogP contribution in [0.3, 0.4) is 0 Å². The fourth-order valence-corrected chi connectivity index (χ4v) is 1.88. The van der Waals surface area contributed by atoms with Crippen molar-refractivity contribution in [1.82, 2.24) is 0 Å². The molecule has 0 spiro atoms. The van der Waals surface area contributed by atoms with Crippen LogP contribution < -0.4 is 5.73 Å². The number of nitrogens with two attached hydrogens (primary N) is 1. The van der Waals surface area contributed by atoms with Gasteiger partial charge in [0, 0.05) is 6.08 Å². The second kappa shape index (κ2) is 5.63. The smallest absolute Gasteiger partial charge is 0.189 e. The van der Waals surface area contributed by atoms with Gasteiger partial charge in [-0.05, 0) is 36.3 Å².